The summed E-state index contributed by atoms with van der Waals surface area (Å²) < 4.78 is 68.1. The number of rotatable bonds is 3. The number of benzene rings is 4. The Balaban J connectivity index is 0.00000160. The predicted molar refractivity (Wildman–Crippen MR) is 117 cm³/mol. The topological polar surface area (TPSA) is 179 Å². The molecule has 0 bridgehead atoms. The third kappa shape index (κ3) is 3.92. The van der Waals surface area contributed by atoms with Crippen molar-refractivity contribution in [1.29, 1.82) is 0 Å². The van der Waals surface area contributed by atoms with Crippen molar-refractivity contribution in [2.75, 3.05) is 0 Å². The Morgan fingerprint density at radius 2 is 0.833 bits per heavy atom. The Morgan fingerprint density at radius 3 is 1.17 bits per heavy atom. The van der Waals surface area contributed by atoms with E-state index in [-0.39, 0.29) is 23.4 Å². The van der Waals surface area contributed by atoms with Gasteiger partial charge in [-0.05, 0) is 33.7 Å². The molecule has 158 valence electrons. The van der Waals surface area contributed by atoms with Crippen LogP contribution in [0.4, 0.5) is 0 Å². The van der Waals surface area contributed by atoms with Gasteiger partial charge in [0.15, 0.2) is 0 Å². The molecule has 0 heterocycles. The van der Waals surface area contributed by atoms with Gasteiger partial charge in [0.1, 0.15) is 9.79 Å². The van der Waals surface area contributed by atoms with E-state index < -0.39 is 30.0 Å². The first-order valence-corrected chi connectivity index (χ1v) is 11.0. The van der Waals surface area contributed by atoms with E-state index in [4.69, 9.17) is 0 Å². The van der Waals surface area contributed by atoms with Crippen LogP contribution in [0.1, 0.15) is 0 Å². The van der Waals surface area contributed by atoms with Gasteiger partial charge < -0.3 is 12.3 Å². The zero-order valence-electron chi connectivity index (χ0n) is 15.7. The zero-order valence-corrected chi connectivity index (χ0v) is 17.3. The first-order chi connectivity index (χ1) is 13.2. The molecule has 0 aliphatic carbocycles. The summed E-state index contributed by atoms with van der Waals surface area (Å²) in [5, 5.41) is 2.16. The molecule has 4 aromatic rings. The SMILES string of the molecule is N.N.O=S(=O)(O)c1ccc2ccccc2c1-c1c(S(=O)(=O)O)ccc2ccccc12. The average molecular weight is 449 g/mol. The smallest absolute Gasteiger partial charge is 0.295 e. The highest BCUT2D eigenvalue weighted by molar-refractivity contribution is 7.86. The van der Waals surface area contributed by atoms with Gasteiger partial charge >= 0.3 is 0 Å². The lowest BCUT2D eigenvalue weighted by Gasteiger charge is -2.16. The monoisotopic (exact) mass is 448 g/mol. The van der Waals surface area contributed by atoms with Crippen molar-refractivity contribution in [3.8, 4) is 11.1 Å². The Morgan fingerprint density at radius 1 is 0.500 bits per heavy atom. The Bertz CT molecular complexity index is 1350. The molecule has 8 N–H and O–H groups in total. The van der Waals surface area contributed by atoms with Gasteiger partial charge in [0.05, 0.1) is 0 Å². The molecule has 10 heteroatoms. The maximum absolute atomic E-state index is 12.1. The Kier molecular flexibility index (Phi) is 6.33. The summed E-state index contributed by atoms with van der Waals surface area (Å²) in [5.41, 5.74) is 0.0371. The standard InChI is InChI=1S/C20H14O6S2.2H3N/c21-27(22,23)17-11-9-13-5-1-3-7-15(13)19(17)20-16-8-4-2-6-14(16)10-12-18(20)28(24,25)26;;/h1-12H,(H,21,22,23)(H,24,25,26);2*1H3. The quantitative estimate of drug-likeness (QED) is 0.331. The second kappa shape index (κ2) is 8.11. The van der Waals surface area contributed by atoms with Crippen LogP contribution in [0.3, 0.4) is 0 Å². The van der Waals surface area contributed by atoms with Crippen LogP contribution in [0.2, 0.25) is 0 Å². The van der Waals surface area contributed by atoms with Crippen LogP contribution < -0.4 is 12.3 Å². The minimum absolute atomic E-state index is 0. The molecule has 8 nitrogen and oxygen atoms in total. The first kappa shape index (κ1) is 23.4. The Hall–Kier alpha value is -2.86. The molecule has 4 rings (SSSR count). The van der Waals surface area contributed by atoms with Crippen LogP contribution in [-0.2, 0) is 20.2 Å². The van der Waals surface area contributed by atoms with Gasteiger partial charge in [0, 0.05) is 11.1 Å². The third-order valence-electron chi connectivity index (χ3n) is 4.59. The van der Waals surface area contributed by atoms with E-state index in [2.05, 4.69) is 0 Å². The van der Waals surface area contributed by atoms with Crippen molar-refractivity contribution in [3.05, 3.63) is 72.8 Å². The minimum Gasteiger partial charge on any atom is -0.344 e. The maximum atomic E-state index is 12.1. The average Bonchev–Trinajstić information content (AvgIpc) is 2.64. The molecule has 0 fully saturated rings. The van der Waals surface area contributed by atoms with Crippen LogP contribution in [0.5, 0.6) is 0 Å². The lowest BCUT2D eigenvalue weighted by atomic mass is 9.94. The molecule has 0 spiro atoms. The molecule has 0 saturated carbocycles. The lowest BCUT2D eigenvalue weighted by molar-refractivity contribution is 0.480. The molecule has 0 radical (unpaired) electrons. The fourth-order valence-corrected chi connectivity index (χ4v) is 4.87. The highest BCUT2D eigenvalue weighted by Gasteiger charge is 2.26. The second-order valence-corrected chi connectivity index (χ2v) is 9.05. The number of hydrogen-bond acceptors (Lipinski definition) is 6. The van der Waals surface area contributed by atoms with Crippen LogP contribution in [0.25, 0.3) is 32.7 Å². The number of hydrogen-bond donors (Lipinski definition) is 4. The summed E-state index contributed by atoms with van der Waals surface area (Å²) in [7, 11) is -9.36. The van der Waals surface area contributed by atoms with Crippen molar-refractivity contribution < 1.29 is 25.9 Å². The van der Waals surface area contributed by atoms with Crippen molar-refractivity contribution >= 4 is 41.8 Å². The van der Waals surface area contributed by atoms with E-state index in [1.54, 1.807) is 48.5 Å². The van der Waals surface area contributed by atoms with Gasteiger partial charge in [-0.3, -0.25) is 9.11 Å². The first-order valence-electron chi connectivity index (χ1n) is 8.17. The normalized spacial score (nSPS) is 11.7. The molecule has 0 unspecified atom stereocenters. The number of fused-ring (bicyclic) bond motifs is 2. The largest absolute Gasteiger partial charge is 0.344 e. The fourth-order valence-electron chi connectivity index (χ4n) is 3.45. The summed E-state index contributed by atoms with van der Waals surface area (Å²) >= 11 is 0. The van der Waals surface area contributed by atoms with Crippen LogP contribution in [-0.4, -0.2) is 25.9 Å². The van der Waals surface area contributed by atoms with E-state index in [1.165, 1.54) is 24.3 Å². The molecular weight excluding hydrogens is 428 g/mol. The molecule has 0 amide bonds. The van der Waals surface area contributed by atoms with E-state index in [1.807, 2.05) is 0 Å². The molecule has 0 saturated heterocycles. The molecule has 0 aliphatic heterocycles. The van der Waals surface area contributed by atoms with Gasteiger partial charge in [-0.15, -0.1) is 0 Å². The van der Waals surface area contributed by atoms with Crippen molar-refractivity contribution in [3.63, 3.8) is 0 Å². The van der Waals surface area contributed by atoms with Gasteiger partial charge in [-0.25, -0.2) is 0 Å². The molecule has 0 aromatic heterocycles. The minimum atomic E-state index is -4.68. The Labute approximate surface area is 173 Å². The highest BCUT2D eigenvalue weighted by atomic mass is 32.2. The van der Waals surface area contributed by atoms with Gasteiger partial charge in [0.25, 0.3) is 20.2 Å². The summed E-state index contributed by atoms with van der Waals surface area (Å²) in [5.74, 6) is 0. The van der Waals surface area contributed by atoms with Crippen LogP contribution in [0.15, 0.2) is 82.6 Å². The fraction of sp³-hybridized carbons (Fsp3) is 0. The summed E-state index contributed by atoms with van der Waals surface area (Å²) in [6.45, 7) is 0. The highest BCUT2D eigenvalue weighted by Crippen LogP contribution is 2.42. The van der Waals surface area contributed by atoms with E-state index in [0.29, 0.717) is 21.5 Å². The molecule has 4 aromatic carbocycles. The summed E-state index contributed by atoms with van der Waals surface area (Å²) in [6.07, 6.45) is 0. The molecular formula is C20H20N2O6S2. The molecule has 0 atom stereocenters. The van der Waals surface area contributed by atoms with Crippen LogP contribution in [0, 0.1) is 0 Å². The van der Waals surface area contributed by atoms with Gasteiger partial charge in [-0.1, -0.05) is 60.7 Å². The maximum Gasteiger partial charge on any atom is 0.295 e. The van der Waals surface area contributed by atoms with Crippen LogP contribution >= 0.6 is 0 Å². The van der Waals surface area contributed by atoms with Gasteiger partial charge in [-0.2, -0.15) is 16.8 Å². The van der Waals surface area contributed by atoms with Crippen molar-refractivity contribution in [2.45, 2.75) is 9.79 Å². The predicted octanol–water partition coefficient (Wildman–Crippen LogP) is 4.48. The molecule has 30 heavy (non-hydrogen) atoms. The molecule has 0 aliphatic rings. The van der Waals surface area contributed by atoms with Crippen molar-refractivity contribution in [1.82, 2.24) is 12.3 Å². The van der Waals surface area contributed by atoms with E-state index in [9.17, 15) is 25.9 Å². The van der Waals surface area contributed by atoms with Gasteiger partial charge in [0.2, 0.25) is 0 Å². The third-order valence-corrected chi connectivity index (χ3v) is 6.38. The van der Waals surface area contributed by atoms with Crippen molar-refractivity contribution in [2.24, 2.45) is 0 Å². The zero-order chi connectivity index (χ0) is 20.1. The lowest BCUT2D eigenvalue weighted by Crippen LogP contribution is -2.06. The van der Waals surface area contributed by atoms with E-state index >= 15 is 0 Å². The second-order valence-electron chi connectivity index (χ2n) is 6.27. The summed E-state index contributed by atoms with van der Waals surface area (Å²) in [6, 6.07) is 19.1. The summed E-state index contributed by atoms with van der Waals surface area (Å²) in [4.78, 5) is -0.875. The van der Waals surface area contributed by atoms with E-state index in [0.717, 1.165) is 0 Å².